The Morgan fingerprint density at radius 3 is 0.333 bits per heavy atom. The van der Waals surface area contributed by atoms with Crippen molar-refractivity contribution < 1.29 is 166 Å². The van der Waals surface area contributed by atoms with Crippen LogP contribution >= 0.6 is 7.92 Å². The van der Waals surface area contributed by atoms with Crippen LogP contribution in [0.1, 0.15) is 0 Å². The first kappa shape index (κ1) is 80.7. The van der Waals surface area contributed by atoms with E-state index >= 15 is 0 Å². The third kappa shape index (κ3) is 175. The summed E-state index contributed by atoms with van der Waals surface area (Å²) in [4.78, 5) is 0. The molecule has 0 radical (unpaired) electrons. The smallest absolute Gasteiger partial charge is 0.402 e. The van der Waals surface area contributed by atoms with E-state index in [-0.39, 0.29) is 0 Å². The molecule has 0 atom stereocenters. The molecule has 0 aliphatic heterocycles. The Bertz CT molecular complexity index is 955. The standard InChI is InChI=1S/C18H15P.11BH3O3/c1-4-10-16(11-5-1)19(17-12-6-2-7-13-17)18-14-8-3-9-15-18;11*2-1(3)4/h1-15H;11*2-4H. The minimum atomic E-state index is -2.17. The summed E-state index contributed by atoms with van der Waals surface area (Å²) in [6, 6.07) is 32.3. The van der Waals surface area contributed by atoms with Crippen molar-refractivity contribution >= 4 is 104 Å². The number of hydrogen-bond donors (Lipinski definition) is 33. The molecule has 63 heavy (non-hydrogen) atoms. The predicted octanol–water partition coefficient (Wildman–Crippen LogP) is -19.1. The molecular weight excluding hydrogens is 894 g/mol. The molecule has 3 rings (SSSR count). The quantitative estimate of drug-likeness (QED) is 0.0856. The molecule has 0 aliphatic rings. The molecule has 0 saturated carbocycles. The fourth-order valence-corrected chi connectivity index (χ4v) is 4.48. The van der Waals surface area contributed by atoms with Crippen LogP contribution in [-0.4, -0.2) is 246 Å². The van der Waals surface area contributed by atoms with Gasteiger partial charge in [0.2, 0.25) is 0 Å². The molecule has 0 saturated heterocycles. The molecule has 3 aromatic carbocycles. The van der Waals surface area contributed by atoms with E-state index in [1.165, 1.54) is 15.9 Å². The Morgan fingerprint density at radius 2 is 0.254 bits per heavy atom. The van der Waals surface area contributed by atoms with Crippen LogP contribution in [0.4, 0.5) is 0 Å². The highest BCUT2D eigenvalue weighted by atomic mass is 31.1. The minimum Gasteiger partial charge on any atom is -0.402 e. The van der Waals surface area contributed by atoms with Gasteiger partial charge in [0.1, 0.15) is 0 Å². The van der Waals surface area contributed by atoms with Crippen LogP contribution in [0.2, 0.25) is 0 Å². The van der Waals surface area contributed by atoms with Gasteiger partial charge in [0.25, 0.3) is 0 Å². The first-order valence-electron chi connectivity index (χ1n) is 14.9. The van der Waals surface area contributed by atoms with Gasteiger partial charge in [0.05, 0.1) is 0 Å². The number of rotatable bonds is 3. The second kappa shape index (κ2) is 61.6. The van der Waals surface area contributed by atoms with E-state index in [0.717, 1.165) is 0 Å². The highest BCUT2D eigenvalue weighted by molar-refractivity contribution is 7.79. The molecule has 0 aromatic heterocycles. The van der Waals surface area contributed by atoms with Crippen LogP contribution < -0.4 is 15.9 Å². The maximum Gasteiger partial charge on any atom is 0.631 e. The molecule has 0 aliphatic carbocycles. The summed E-state index contributed by atoms with van der Waals surface area (Å²) in [5.41, 5.74) is 0. The number of hydrogen-bond acceptors (Lipinski definition) is 33. The summed E-state index contributed by atoms with van der Waals surface area (Å²) in [6.07, 6.45) is 0. The highest BCUT2D eigenvalue weighted by Crippen LogP contribution is 2.32. The van der Waals surface area contributed by atoms with Crippen LogP contribution in [0, 0.1) is 0 Å². The summed E-state index contributed by atoms with van der Waals surface area (Å²) in [5.74, 6) is 0. The van der Waals surface area contributed by atoms with Gasteiger partial charge in [-0.3, -0.25) is 0 Å². The fourth-order valence-electron chi connectivity index (χ4n) is 2.18. The predicted molar refractivity (Wildman–Crippen MR) is 222 cm³/mol. The van der Waals surface area contributed by atoms with Crippen molar-refractivity contribution in [3.63, 3.8) is 0 Å². The zero-order valence-corrected chi connectivity index (χ0v) is 32.6. The van der Waals surface area contributed by atoms with E-state index in [9.17, 15) is 0 Å². The molecule has 0 amide bonds. The van der Waals surface area contributed by atoms with E-state index in [4.69, 9.17) is 166 Å². The first-order chi connectivity index (χ1) is 28.5. The lowest BCUT2D eigenvalue weighted by atomic mass is 10.3. The van der Waals surface area contributed by atoms with Gasteiger partial charge >= 0.3 is 80.5 Å². The molecule has 0 heterocycles. The maximum absolute atomic E-state index is 7.17. The molecule has 33 nitrogen and oxygen atoms in total. The van der Waals surface area contributed by atoms with Gasteiger partial charge < -0.3 is 166 Å². The first-order valence-corrected chi connectivity index (χ1v) is 16.3. The van der Waals surface area contributed by atoms with Crippen molar-refractivity contribution in [3.8, 4) is 0 Å². The fraction of sp³-hybridized carbons (Fsp3) is 0. The molecular formula is C18H48B11O33P. The summed E-state index contributed by atoms with van der Waals surface area (Å²) >= 11 is 0. The lowest BCUT2D eigenvalue weighted by Gasteiger charge is -2.18. The van der Waals surface area contributed by atoms with Crippen LogP contribution in [0.3, 0.4) is 0 Å². The van der Waals surface area contributed by atoms with Crippen molar-refractivity contribution in [2.75, 3.05) is 0 Å². The zero-order valence-electron chi connectivity index (χ0n) is 31.7. The normalized spacial score (nSPS) is 7.90. The minimum absolute atomic E-state index is 0.446. The van der Waals surface area contributed by atoms with Gasteiger partial charge in [0.15, 0.2) is 0 Å². The topological polar surface area (TPSA) is 668 Å². The second-order valence-corrected chi connectivity index (χ2v) is 10.4. The van der Waals surface area contributed by atoms with Gasteiger partial charge in [-0.25, -0.2) is 0 Å². The SMILES string of the molecule is OB(O)O.OB(O)O.OB(O)O.OB(O)O.OB(O)O.OB(O)O.OB(O)O.OB(O)O.OB(O)O.OB(O)O.OB(O)O.c1ccc(P(c2ccccc2)c2ccccc2)cc1. The third-order valence-corrected chi connectivity index (χ3v) is 5.49. The van der Waals surface area contributed by atoms with Crippen LogP contribution in [0.15, 0.2) is 91.0 Å². The van der Waals surface area contributed by atoms with Crippen molar-refractivity contribution in [2.45, 2.75) is 0 Å². The average Bonchev–Trinajstić information content (AvgIpc) is 3.04. The van der Waals surface area contributed by atoms with Crippen molar-refractivity contribution in [1.82, 2.24) is 0 Å². The van der Waals surface area contributed by atoms with E-state index in [1.807, 2.05) is 0 Å². The average molecular weight is 942 g/mol. The van der Waals surface area contributed by atoms with Crippen molar-refractivity contribution in [3.05, 3.63) is 91.0 Å². The van der Waals surface area contributed by atoms with E-state index in [2.05, 4.69) is 91.0 Å². The molecule has 0 unspecified atom stereocenters. The van der Waals surface area contributed by atoms with E-state index < -0.39 is 88.5 Å². The molecule has 33 N–H and O–H groups in total. The Labute approximate surface area is 361 Å². The molecule has 0 spiro atoms. The zero-order chi connectivity index (χ0) is 52.3. The maximum atomic E-state index is 7.17. The lowest BCUT2D eigenvalue weighted by molar-refractivity contribution is 0.276. The number of benzene rings is 3. The van der Waals surface area contributed by atoms with Gasteiger partial charge in [0, 0.05) is 0 Å². The molecule has 0 bridgehead atoms. The van der Waals surface area contributed by atoms with Crippen LogP contribution in [0.5, 0.6) is 0 Å². The molecule has 0 fully saturated rings. The van der Waals surface area contributed by atoms with Crippen LogP contribution in [-0.2, 0) is 0 Å². The van der Waals surface area contributed by atoms with E-state index in [1.54, 1.807) is 0 Å². The Morgan fingerprint density at radius 1 is 0.175 bits per heavy atom. The van der Waals surface area contributed by atoms with Crippen molar-refractivity contribution in [1.29, 1.82) is 0 Å². The summed E-state index contributed by atoms with van der Waals surface area (Å²) in [7, 11) is -24.3. The lowest BCUT2D eigenvalue weighted by Crippen LogP contribution is -2.20. The third-order valence-electron chi connectivity index (χ3n) is 3.04. The van der Waals surface area contributed by atoms with Crippen molar-refractivity contribution in [2.24, 2.45) is 0 Å². The summed E-state index contributed by atoms with van der Waals surface area (Å²) in [6.45, 7) is 0. The Balaban J connectivity index is -0.0000000800. The summed E-state index contributed by atoms with van der Waals surface area (Å²) < 4.78 is 0. The van der Waals surface area contributed by atoms with E-state index in [0.29, 0.717) is 0 Å². The van der Waals surface area contributed by atoms with Gasteiger partial charge in [-0.15, -0.1) is 0 Å². The van der Waals surface area contributed by atoms with Gasteiger partial charge in [-0.2, -0.15) is 0 Å². The summed E-state index contributed by atoms with van der Waals surface area (Å²) in [5, 5.41) is 241. The van der Waals surface area contributed by atoms with Gasteiger partial charge in [-0.05, 0) is 23.8 Å². The Hall–Kier alpha value is -2.52. The molecule has 356 valence electrons. The Kier molecular flexibility index (Phi) is 78.9. The van der Waals surface area contributed by atoms with Gasteiger partial charge in [-0.1, -0.05) is 91.0 Å². The second-order valence-electron chi connectivity index (χ2n) is 8.15. The van der Waals surface area contributed by atoms with Crippen LogP contribution in [0.25, 0.3) is 0 Å². The largest absolute Gasteiger partial charge is 0.631 e. The molecule has 45 heteroatoms. The molecule has 3 aromatic rings. The monoisotopic (exact) mass is 944 g/mol. The highest BCUT2D eigenvalue weighted by Gasteiger charge is 2.15.